The van der Waals surface area contributed by atoms with E-state index in [0.29, 0.717) is 5.91 Å². The zero-order valence-electron chi connectivity index (χ0n) is 7.84. The Morgan fingerprint density at radius 3 is 2.58 bits per heavy atom. The topological polar surface area (TPSA) is 23.6 Å². The predicted octanol–water partition coefficient (Wildman–Crippen LogP) is 0.170. The van der Waals surface area contributed by atoms with Crippen molar-refractivity contribution in [1.82, 2.24) is 9.80 Å². The summed E-state index contributed by atoms with van der Waals surface area (Å²) in [5.41, 5.74) is 0.0156. The van der Waals surface area contributed by atoms with Gasteiger partial charge in [-0.05, 0) is 19.9 Å². The highest BCUT2D eigenvalue weighted by Gasteiger charge is 2.50. The summed E-state index contributed by atoms with van der Waals surface area (Å²) < 4.78 is 0. The van der Waals surface area contributed by atoms with Crippen LogP contribution in [0, 0.1) is 5.41 Å². The number of amides is 1. The first-order chi connectivity index (χ1) is 5.64. The van der Waals surface area contributed by atoms with Crippen molar-refractivity contribution in [3.05, 3.63) is 0 Å². The number of rotatable bonds is 0. The minimum atomic E-state index is 0.0156. The highest BCUT2D eigenvalue weighted by molar-refractivity contribution is 5.84. The minimum Gasteiger partial charge on any atom is -0.345 e. The Hall–Kier alpha value is -0.570. The van der Waals surface area contributed by atoms with Crippen molar-refractivity contribution in [2.45, 2.75) is 12.8 Å². The van der Waals surface area contributed by atoms with Gasteiger partial charge in [-0.25, -0.2) is 0 Å². The summed E-state index contributed by atoms with van der Waals surface area (Å²) in [5.74, 6) is 0.367. The molecule has 68 valence electrons. The zero-order chi connectivity index (χ0) is 8.77. The van der Waals surface area contributed by atoms with Crippen LogP contribution in [0.3, 0.4) is 0 Å². The molecule has 2 aliphatic rings. The van der Waals surface area contributed by atoms with Crippen LogP contribution in [0.2, 0.25) is 0 Å². The summed E-state index contributed by atoms with van der Waals surface area (Å²) in [6.45, 7) is 2.89. The van der Waals surface area contributed by atoms with Crippen molar-refractivity contribution in [2.75, 3.05) is 33.7 Å². The maximum absolute atomic E-state index is 11.8. The molecule has 2 heterocycles. The van der Waals surface area contributed by atoms with E-state index in [1.807, 2.05) is 11.9 Å². The van der Waals surface area contributed by atoms with Crippen LogP contribution in [0.5, 0.6) is 0 Å². The fourth-order valence-corrected chi connectivity index (χ4v) is 2.55. The molecule has 2 saturated heterocycles. The maximum atomic E-state index is 11.8. The highest BCUT2D eigenvalue weighted by atomic mass is 16.2. The van der Waals surface area contributed by atoms with Crippen LogP contribution >= 0.6 is 0 Å². The van der Waals surface area contributed by atoms with Crippen LogP contribution in [-0.4, -0.2) is 49.4 Å². The molecule has 2 aliphatic heterocycles. The average molecular weight is 168 g/mol. The lowest BCUT2D eigenvalue weighted by molar-refractivity contribution is -0.156. The van der Waals surface area contributed by atoms with Crippen molar-refractivity contribution in [1.29, 1.82) is 0 Å². The van der Waals surface area contributed by atoms with E-state index in [-0.39, 0.29) is 5.41 Å². The fraction of sp³-hybridized carbons (Fsp3) is 0.889. The van der Waals surface area contributed by atoms with Gasteiger partial charge in [0.15, 0.2) is 0 Å². The first-order valence-electron chi connectivity index (χ1n) is 4.58. The van der Waals surface area contributed by atoms with E-state index in [1.165, 1.54) is 6.42 Å². The van der Waals surface area contributed by atoms with Gasteiger partial charge in [-0.2, -0.15) is 0 Å². The number of carbonyl (C=O) groups is 1. The number of hydrogen-bond acceptors (Lipinski definition) is 2. The second kappa shape index (κ2) is 2.46. The Morgan fingerprint density at radius 1 is 1.33 bits per heavy atom. The van der Waals surface area contributed by atoms with Gasteiger partial charge in [0.25, 0.3) is 0 Å². The van der Waals surface area contributed by atoms with E-state index in [2.05, 4.69) is 11.9 Å². The van der Waals surface area contributed by atoms with Crippen LogP contribution in [0.1, 0.15) is 12.8 Å². The normalized spacial score (nSPS) is 29.2. The van der Waals surface area contributed by atoms with E-state index in [9.17, 15) is 4.79 Å². The van der Waals surface area contributed by atoms with Gasteiger partial charge in [0, 0.05) is 26.7 Å². The Kier molecular flexibility index (Phi) is 1.65. The quantitative estimate of drug-likeness (QED) is 0.515. The predicted molar refractivity (Wildman–Crippen MR) is 46.8 cm³/mol. The second-order valence-electron chi connectivity index (χ2n) is 4.28. The van der Waals surface area contributed by atoms with E-state index in [1.54, 1.807) is 0 Å². The van der Waals surface area contributed by atoms with E-state index in [0.717, 1.165) is 26.1 Å². The molecule has 0 atom stereocenters. The van der Waals surface area contributed by atoms with Gasteiger partial charge < -0.3 is 9.80 Å². The van der Waals surface area contributed by atoms with Gasteiger partial charge in [-0.1, -0.05) is 0 Å². The maximum Gasteiger partial charge on any atom is 0.231 e. The van der Waals surface area contributed by atoms with Crippen molar-refractivity contribution >= 4 is 5.91 Å². The molecule has 12 heavy (non-hydrogen) atoms. The van der Waals surface area contributed by atoms with E-state index >= 15 is 0 Å². The Balaban J connectivity index is 2.10. The molecule has 2 fully saturated rings. The third kappa shape index (κ3) is 0.959. The standard InChI is InChI=1S/C9H16N2O/c1-10-6-9(7-10)4-3-5-11(2)8(9)12/h3-7H2,1-2H3. The van der Waals surface area contributed by atoms with Gasteiger partial charge in [-0.3, -0.25) is 4.79 Å². The minimum absolute atomic E-state index is 0.0156. The average Bonchev–Trinajstić information content (AvgIpc) is 1.97. The van der Waals surface area contributed by atoms with Crippen molar-refractivity contribution in [2.24, 2.45) is 5.41 Å². The molecule has 0 aromatic rings. The number of hydrogen-bond donors (Lipinski definition) is 0. The molecule has 0 aromatic heterocycles. The molecule has 0 aliphatic carbocycles. The highest BCUT2D eigenvalue weighted by Crippen LogP contribution is 2.38. The van der Waals surface area contributed by atoms with Gasteiger partial charge in [0.05, 0.1) is 5.41 Å². The van der Waals surface area contributed by atoms with Crippen molar-refractivity contribution in [3.63, 3.8) is 0 Å². The van der Waals surface area contributed by atoms with Crippen LogP contribution in [0.25, 0.3) is 0 Å². The summed E-state index contributed by atoms with van der Waals surface area (Å²) in [4.78, 5) is 15.9. The van der Waals surface area contributed by atoms with Gasteiger partial charge in [0.2, 0.25) is 5.91 Å². The fourth-order valence-electron chi connectivity index (χ4n) is 2.55. The zero-order valence-corrected chi connectivity index (χ0v) is 7.84. The molecular formula is C9H16N2O. The summed E-state index contributed by atoms with van der Waals surface area (Å²) in [7, 11) is 3.99. The molecule has 3 heteroatoms. The number of piperidine rings is 1. The monoisotopic (exact) mass is 168 g/mol. The molecule has 0 bridgehead atoms. The number of nitrogens with zero attached hydrogens (tertiary/aromatic N) is 2. The van der Waals surface area contributed by atoms with E-state index < -0.39 is 0 Å². The molecular weight excluding hydrogens is 152 g/mol. The molecule has 0 saturated carbocycles. The van der Waals surface area contributed by atoms with Gasteiger partial charge in [-0.15, -0.1) is 0 Å². The summed E-state index contributed by atoms with van der Waals surface area (Å²) in [5, 5.41) is 0. The molecule has 1 amide bonds. The lowest BCUT2D eigenvalue weighted by Gasteiger charge is -2.51. The van der Waals surface area contributed by atoms with Crippen LogP contribution < -0.4 is 0 Å². The largest absolute Gasteiger partial charge is 0.345 e. The SMILES string of the molecule is CN1CC2(CCCN(C)C2=O)C1. The smallest absolute Gasteiger partial charge is 0.231 e. The molecule has 0 unspecified atom stereocenters. The molecule has 3 nitrogen and oxygen atoms in total. The van der Waals surface area contributed by atoms with Crippen molar-refractivity contribution in [3.8, 4) is 0 Å². The number of likely N-dealkylation sites (tertiary alicyclic amines) is 2. The summed E-state index contributed by atoms with van der Waals surface area (Å²) in [6, 6.07) is 0. The lowest BCUT2D eigenvalue weighted by atomic mass is 9.73. The van der Waals surface area contributed by atoms with Gasteiger partial charge >= 0.3 is 0 Å². The third-order valence-electron chi connectivity index (χ3n) is 3.09. The van der Waals surface area contributed by atoms with Crippen LogP contribution in [0.15, 0.2) is 0 Å². The Morgan fingerprint density at radius 2 is 2.00 bits per heavy atom. The summed E-state index contributed by atoms with van der Waals surface area (Å²) in [6.07, 6.45) is 2.27. The Bertz CT molecular complexity index is 203. The molecule has 2 rings (SSSR count). The number of carbonyl (C=O) groups excluding carboxylic acids is 1. The van der Waals surface area contributed by atoms with Gasteiger partial charge in [0.1, 0.15) is 0 Å². The molecule has 0 aromatic carbocycles. The van der Waals surface area contributed by atoms with Crippen LogP contribution in [-0.2, 0) is 4.79 Å². The lowest BCUT2D eigenvalue weighted by Crippen LogP contribution is -2.63. The third-order valence-corrected chi connectivity index (χ3v) is 3.09. The Labute approximate surface area is 73.3 Å². The molecule has 0 N–H and O–H groups in total. The first kappa shape index (κ1) is 8.05. The van der Waals surface area contributed by atoms with Crippen LogP contribution in [0.4, 0.5) is 0 Å². The first-order valence-corrected chi connectivity index (χ1v) is 4.58. The summed E-state index contributed by atoms with van der Waals surface area (Å²) >= 11 is 0. The second-order valence-corrected chi connectivity index (χ2v) is 4.28. The van der Waals surface area contributed by atoms with Crippen molar-refractivity contribution < 1.29 is 4.79 Å². The molecule has 1 spiro atoms. The van der Waals surface area contributed by atoms with E-state index in [4.69, 9.17) is 0 Å². The molecule has 0 radical (unpaired) electrons.